The Morgan fingerprint density at radius 1 is 1.03 bits per heavy atom. The number of fused-ring (bicyclic) bond motifs is 1. The number of pyridine rings is 1. The monoisotopic (exact) mass is 493 g/mol. The number of thioether (sulfide) groups is 1. The molecule has 1 amide bonds. The Hall–Kier alpha value is -3.37. The predicted molar refractivity (Wildman–Crippen MR) is 140 cm³/mol. The van der Waals surface area contributed by atoms with Crippen LogP contribution in [0.25, 0.3) is 11.7 Å². The molecule has 34 heavy (non-hydrogen) atoms. The lowest BCUT2D eigenvalue weighted by molar-refractivity contribution is -0.121. The first-order chi connectivity index (χ1) is 16.5. The fourth-order valence-corrected chi connectivity index (χ4v) is 5.27. The number of carbonyl (C=O) groups is 1. The SMILES string of the molecule is COc1ccc(N2CCN(c3nc4ccccn4c(=O)c3C=C3SC(=S)N(C)C3=O)CC2)cc1. The summed E-state index contributed by atoms with van der Waals surface area (Å²) in [6.07, 6.45) is 3.33. The highest BCUT2D eigenvalue weighted by atomic mass is 32.2. The summed E-state index contributed by atoms with van der Waals surface area (Å²) in [6.45, 7) is 2.94. The van der Waals surface area contributed by atoms with Gasteiger partial charge in [0.1, 0.15) is 21.5 Å². The van der Waals surface area contributed by atoms with Crippen molar-refractivity contribution in [2.75, 3.05) is 50.1 Å². The van der Waals surface area contributed by atoms with E-state index in [4.69, 9.17) is 21.9 Å². The molecule has 0 unspecified atom stereocenters. The average molecular weight is 494 g/mol. The highest BCUT2D eigenvalue weighted by Gasteiger charge is 2.30. The van der Waals surface area contributed by atoms with Crippen molar-refractivity contribution in [2.45, 2.75) is 0 Å². The van der Waals surface area contributed by atoms with E-state index < -0.39 is 0 Å². The van der Waals surface area contributed by atoms with Gasteiger partial charge < -0.3 is 14.5 Å². The van der Waals surface area contributed by atoms with E-state index in [2.05, 4.69) is 9.80 Å². The van der Waals surface area contributed by atoms with Crippen LogP contribution >= 0.6 is 24.0 Å². The van der Waals surface area contributed by atoms with E-state index in [1.165, 1.54) is 21.1 Å². The molecule has 2 fully saturated rings. The number of thiocarbonyl (C=S) groups is 1. The van der Waals surface area contributed by atoms with Gasteiger partial charge in [-0.05, 0) is 42.5 Å². The van der Waals surface area contributed by atoms with Gasteiger partial charge in [0, 0.05) is 45.1 Å². The Balaban J connectivity index is 1.49. The van der Waals surface area contributed by atoms with Crippen LogP contribution in [0.3, 0.4) is 0 Å². The number of aromatic nitrogens is 2. The maximum Gasteiger partial charge on any atom is 0.267 e. The van der Waals surface area contributed by atoms with Crippen molar-refractivity contribution in [3.8, 4) is 5.75 Å². The second-order valence-corrected chi connectivity index (χ2v) is 9.67. The minimum atomic E-state index is -0.209. The largest absolute Gasteiger partial charge is 0.497 e. The van der Waals surface area contributed by atoms with Crippen LogP contribution in [0, 0.1) is 0 Å². The summed E-state index contributed by atoms with van der Waals surface area (Å²) in [5, 5.41) is 0. The molecule has 10 heteroatoms. The lowest BCUT2D eigenvalue weighted by atomic mass is 10.2. The van der Waals surface area contributed by atoms with Crippen LogP contribution in [0.4, 0.5) is 11.5 Å². The molecule has 2 saturated heterocycles. The average Bonchev–Trinajstić information content (AvgIpc) is 3.12. The number of nitrogens with zero attached hydrogens (tertiary/aromatic N) is 5. The van der Waals surface area contributed by atoms with Crippen LogP contribution < -0.4 is 20.1 Å². The summed E-state index contributed by atoms with van der Waals surface area (Å²) in [5.41, 5.74) is 1.88. The van der Waals surface area contributed by atoms with Crippen molar-refractivity contribution < 1.29 is 9.53 Å². The molecule has 5 rings (SSSR count). The van der Waals surface area contributed by atoms with Gasteiger partial charge in [0.25, 0.3) is 11.5 Å². The minimum absolute atomic E-state index is 0.206. The van der Waals surface area contributed by atoms with Gasteiger partial charge in [-0.2, -0.15) is 0 Å². The number of carbonyl (C=O) groups excluding carboxylic acids is 1. The summed E-state index contributed by atoms with van der Waals surface area (Å²) in [5.74, 6) is 1.21. The van der Waals surface area contributed by atoms with Crippen molar-refractivity contribution in [2.24, 2.45) is 0 Å². The molecule has 2 aliphatic heterocycles. The summed E-state index contributed by atoms with van der Waals surface area (Å²) in [4.78, 5) is 37.2. The van der Waals surface area contributed by atoms with Crippen LogP contribution in [-0.4, -0.2) is 64.8 Å². The van der Waals surface area contributed by atoms with Crippen molar-refractivity contribution in [1.82, 2.24) is 14.3 Å². The van der Waals surface area contributed by atoms with Crippen LogP contribution in [0.15, 0.2) is 58.4 Å². The molecule has 0 atom stereocenters. The van der Waals surface area contributed by atoms with E-state index in [1.807, 2.05) is 36.4 Å². The quantitative estimate of drug-likeness (QED) is 0.406. The third-order valence-corrected chi connectivity index (χ3v) is 7.51. The molecular formula is C24H23N5O3S2. The third-order valence-electron chi connectivity index (χ3n) is 6.03. The number of piperazine rings is 1. The molecule has 2 aliphatic rings. The zero-order chi connectivity index (χ0) is 23.8. The molecule has 0 spiro atoms. The van der Waals surface area contributed by atoms with Crippen LogP contribution in [-0.2, 0) is 4.79 Å². The summed E-state index contributed by atoms with van der Waals surface area (Å²) in [7, 11) is 3.30. The number of amides is 1. The van der Waals surface area contributed by atoms with Crippen molar-refractivity contribution in [1.29, 1.82) is 0 Å². The van der Waals surface area contributed by atoms with Crippen molar-refractivity contribution in [3.63, 3.8) is 0 Å². The van der Waals surface area contributed by atoms with Gasteiger partial charge in [0.05, 0.1) is 17.6 Å². The number of hydrogen-bond acceptors (Lipinski definition) is 8. The lowest BCUT2D eigenvalue weighted by Gasteiger charge is -2.37. The lowest BCUT2D eigenvalue weighted by Crippen LogP contribution is -2.47. The molecule has 0 N–H and O–H groups in total. The molecule has 0 aliphatic carbocycles. The normalized spacial score (nSPS) is 17.8. The minimum Gasteiger partial charge on any atom is -0.497 e. The number of rotatable bonds is 4. The Kier molecular flexibility index (Phi) is 6.01. The van der Waals surface area contributed by atoms with Gasteiger partial charge >= 0.3 is 0 Å². The molecule has 174 valence electrons. The van der Waals surface area contributed by atoms with Crippen LogP contribution in [0.5, 0.6) is 5.75 Å². The molecule has 2 aromatic heterocycles. The first-order valence-corrected chi connectivity index (χ1v) is 12.1. The first-order valence-electron chi connectivity index (χ1n) is 10.8. The predicted octanol–water partition coefficient (Wildman–Crippen LogP) is 2.86. The number of ether oxygens (including phenoxy) is 1. The van der Waals surface area contributed by atoms with Gasteiger partial charge in [-0.3, -0.25) is 18.9 Å². The van der Waals surface area contributed by atoms with Gasteiger partial charge in [-0.1, -0.05) is 30.0 Å². The Labute approximate surface area is 206 Å². The highest BCUT2D eigenvalue weighted by molar-refractivity contribution is 8.26. The second-order valence-electron chi connectivity index (χ2n) is 8.00. The molecule has 8 nitrogen and oxygen atoms in total. The van der Waals surface area contributed by atoms with E-state index in [1.54, 1.807) is 32.5 Å². The van der Waals surface area contributed by atoms with Gasteiger partial charge in [0.15, 0.2) is 0 Å². The maximum atomic E-state index is 13.5. The molecular weight excluding hydrogens is 470 g/mol. The summed E-state index contributed by atoms with van der Waals surface area (Å²) < 4.78 is 7.24. The molecule has 3 aromatic rings. The first kappa shape index (κ1) is 22.4. The molecule has 0 radical (unpaired) electrons. The number of likely N-dealkylation sites (N-methyl/N-ethyl adjacent to an activating group) is 1. The number of anilines is 2. The second kappa shape index (κ2) is 9.11. The fourth-order valence-electron chi connectivity index (χ4n) is 4.10. The van der Waals surface area contributed by atoms with E-state index in [-0.39, 0.29) is 11.5 Å². The zero-order valence-corrected chi connectivity index (χ0v) is 20.4. The molecule has 1 aromatic carbocycles. The fraction of sp³-hybridized carbons (Fsp3) is 0.250. The Morgan fingerprint density at radius 2 is 1.74 bits per heavy atom. The number of hydrogen-bond donors (Lipinski definition) is 0. The summed E-state index contributed by atoms with van der Waals surface area (Å²) in [6, 6.07) is 13.5. The van der Waals surface area contributed by atoms with Gasteiger partial charge in [-0.25, -0.2) is 4.98 Å². The molecule has 0 saturated carbocycles. The van der Waals surface area contributed by atoms with Crippen molar-refractivity contribution in [3.05, 3.63) is 69.5 Å². The van der Waals surface area contributed by atoms with E-state index in [0.29, 0.717) is 39.3 Å². The Bertz CT molecular complexity index is 1360. The standard InChI is InChI=1S/C24H23N5O3S2/c1-26-23(31)19(34-24(26)33)15-18-21(25-20-5-3-4-10-29(20)22(18)30)28-13-11-27(12-14-28)16-6-8-17(32-2)9-7-16/h3-10,15H,11-14H2,1-2H3. The van der Waals surface area contributed by atoms with Crippen LogP contribution in [0.1, 0.15) is 5.56 Å². The smallest absolute Gasteiger partial charge is 0.267 e. The third kappa shape index (κ3) is 4.03. The topological polar surface area (TPSA) is 70.4 Å². The van der Waals surface area contributed by atoms with E-state index >= 15 is 0 Å². The maximum absolute atomic E-state index is 13.5. The molecule has 4 heterocycles. The van der Waals surface area contributed by atoms with Crippen molar-refractivity contribution >= 4 is 57.4 Å². The van der Waals surface area contributed by atoms with Crippen LogP contribution in [0.2, 0.25) is 0 Å². The van der Waals surface area contributed by atoms with E-state index in [9.17, 15) is 9.59 Å². The molecule has 0 bridgehead atoms. The zero-order valence-electron chi connectivity index (χ0n) is 18.8. The highest BCUT2D eigenvalue weighted by Crippen LogP contribution is 2.32. The summed E-state index contributed by atoms with van der Waals surface area (Å²) >= 11 is 6.46. The number of methoxy groups -OCH3 is 1. The Morgan fingerprint density at radius 3 is 2.38 bits per heavy atom. The number of benzene rings is 1. The van der Waals surface area contributed by atoms with Gasteiger partial charge in [0.2, 0.25) is 0 Å². The van der Waals surface area contributed by atoms with Gasteiger partial charge in [-0.15, -0.1) is 0 Å². The van der Waals surface area contributed by atoms with E-state index in [0.717, 1.165) is 24.5 Å².